The lowest BCUT2D eigenvalue weighted by molar-refractivity contribution is 0.0677. The van der Waals surface area contributed by atoms with Crippen LogP contribution in [0.25, 0.3) is 0 Å². The predicted molar refractivity (Wildman–Crippen MR) is 62.6 cm³/mol. The summed E-state index contributed by atoms with van der Waals surface area (Å²) in [6.45, 7) is 0.510. The molecule has 1 fully saturated rings. The summed E-state index contributed by atoms with van der Waals surface area (Å²) in [7, 11) is 0. The van der Waals surface area contributed by atoms with Crippen LogP contribution < -0.4 is 0 Å². The molecule has 0 aliphatic carbocycles. The van der Waals surface area contributed by atoms with Crippen LogP contribution in [-0.2, 0) is 0 Å². The number of benzene rings is 1. The fraction of sp³-hybridized carbons (Fsp3) is 0.417. The first-order valence-electron chi connectivity index (χ1n) is 5.51. The van der Waals surface area contributed by atoms with Gasteiger partial charge in [0.1, 0.15) is 5.82 Å². The number of carbonyl (C=O) groups excluding carboxylic acids is 1. The molecular formula is C12H13ClFNO2. The Morgan fingerprint density at radius 1 is 1.59 bits per heavy atom. The van der Waals surface area contributed by atoms with Gasteiger partial charge in [-0.05, 0) is 25.0 Å². The lowest BCUT2D eigenvalue weighted by atomic mass is 10.1. The number of likely N-dealkylation sites (tertiary alicyclic amines) is 1. The molecule has 1 aromatic carbocycles. The highest BCUT2D eigenvalue weighted by atomic mass is 35.5. The molecule has 0 spiro atoms. The zero-order valence-corrected chi connectivity index (χ0v) is 9.95. The van der Waals surface area contributed by atoms with Crippen LogP contribution in [0, 0.1) is 5.82 Å². The SMILES string of the molecule is O=C(c1cccc(F)c1Cl)N1CCC[C@@H]1CO. The molecule has 0 unspecified atom stereocenters. The molecule has 5 heteroatoms. The molecule has 17 heavy (non-hydrogen) atoms. The van der Waals surface area contributed by atoms with E-state index >= 15 is 0 Å². The smallest absolute Gasteiger partial charge is 0.255 e. The van der Waals surface area contributed by atoms with Crippen molar-refractivity contribution in [2.24, 2.45) is 0 Å². The number of aliphatic hydroxyl groups excluding tert-OH is 1. The second kappa shape index (κ2) is 5.02. The lowest BCUT2D eigenvalue weighted by Crippen LogP contribution is -2.37. The number of rotatable bonds is 2. The van der Waals surface area contributed by atoms with E-state index in [0.717, 1.165) is 12.8 Å². The molecule has 1 atom stereocenters. The molecule has 2 rings (SSSR count). The number of hydrogen-bond donors (Lipinski definition) is 1. The first-order chi connectivity index (χ1) is 8.15. The van der Waals surface area contributed by atoms with Gasteiger partial charge in [0.25, 0.3) is 5.91 Å². The molecule has 0 aromatic heterocycles. The van der Waals surface area contributed by atoms with Crippen LogP contribution in [0.15, 0.2) is 18.2 Å². The Labute approximate surface area is 104 Å². The van der Waals surface area contributed by atoms with Crippen molar-refractivity contribution in [3.8, 4) is 0 Å². The summed E-state index contributed by atoms with van der Waals surface area (Å²) in [6, 6.07) is 3.99. The average molecular weight is 258 g/mol. The summed E-state index contributed by atoms with van der Waals surface area (Å²) < 4.78 is 13.3. The summed E-state index contributed by atoms with van der Waals surface area (Å²) in [5.74, 6) is -0.914. The fourth-order valence-electron chi connectivity index (χ4n) is 2.12. The second-order valence-electron chi connectivity index (χ2n) is 4.08. The quantitative estimate of drug-likeness (QED) is 0.881. The first kappa shape index (κ1) is 12.3. The van der Waals surface area contributed by atoms with Crippen molar-refractivity contribution in [1.82, 2.24) is 4.90 Å². The summed E-state index contributed by atoms with van der Waals surface area (Å²) in [5, 5.41) is 9.00. The van der Waals surface area contributed by atoms with Crippen molar-refractivity contribution in [2.45, 2.75) is 18.9 Å². The zero-order valence-electron chi connectivity index (χ0n) is 9.20. The van der Waals surface area contributed by atoms with Gasteiger partial charge in [-0.2, -0.15) is 0 Å². The highest BCUT2D eigenvalue weighted by Gasteiger charge is 2.30. The van der Waals surface area contributed by atoms with E-state index in [1.54, 1.807) is 4.90 Å². The summed E-state index contributed by atoms with van der Waals surface area (Å²) in [4.78, 5) is 13.7. The van der Waals surface area contributed by atoms with Gasteiger partial charge in [-0.1, -0.05) is 17.7 Å². The van der Waals surface area contributed by atoms with E-state index in [2.05, 4.69) is 0 Å². The van der Waals surface area contributed by atoms with Gasteiger partial charge in [0.2, 0.25) is 0 Å². The number of hydrogen-bond acceptors (Lipinski definition) is 2. The molecule has 0 saturated carbocycles. The Hall–Kier alpha value is -1.13. The van der Waals surface area contributed by atoms with Crippen LogP contribution in [0.1, 0.15) is 23.2 Å². The van der Waals surface area contributed by atoms with Crippen LogP contribution in [-0.4, -0.2) is 35.1 Å². The maximum atomic E-state index is 13.3. The van der Waals surface area contributed by atoms with Crippen LogP contribution in [0.4, 0.5) is 4.39 Å². The van der Waals surface area contributed by atoms with E-state index in [0.29, 0.717) is 6.54 Å². The van der Waals surface area contributed by atoms with E-state index in [1.165, 1.54) is 18.2 Å². The van der Waals surface area contributed by atoms with E-state index in [4.69, 9.17) is 16.7 Å². The maximum Gasteiger partial charge on any atom is 0.255 e. The van der Waals surface area contributed by atoms with Gasteiger partial charge in [-0.15, -0.1) is 0 Å². The van der Waals surface area contributed by atoms with Crippen LogP contribution in [0.2, 0.25) is 5.02 Å². The van der Waals surface area contributed by atoms with Gasteiger partial charge in [-0.25, -0.2) is 4.39 Å². The minimum absolute atomic E-state index is 0.0708. The molecule has 0 radical (unpaired) electrons. The average Bonchev–Trinajstić information content (AvgIpc) is 2.80. The lowest BCUT2D eigenvalue weighted by Gasteiger charge is -2.23. The number of nitrogens with zero attached hydrogens (tertiary/aromatic N) is 1. The maximum absolute atomic E-state index is 13.3. The van der Waals surface area contributed by atoms with Crippen molar-refractivity contribution < 1.29 is 14.3 Å². The Kier molecular flexibility index (Phi) is 3.64. The third kappa shape index (κ3) is 2.28. The van der Waals surface area contributed by atoms with Gasteiger partial charge in [0.15, 0.2) is 0 Å². The molecule has 1 aromatic rings. The molecule has 0 bridgehead atoms. The Bertz CT molecular complexity index is 439. The molecule has 3 nitrogen and oxygen atoms in total. The molecule has 1 saturated heterocycles. The minimum atomic E-state index is -0.600. The number of halogens is 2. The summed E-state index contributed by atoms with van der Waals surface area (Å²) in [6.07, 6.45) is 1.62. The van der Waals surface area contributed by atoms with Gasteiger partial charge in [0.05, 0.1) is 23.2 Å². The third-order valence-corrected chi connectivity index (χ3v) is 3.41. The highest BCUT2D eigenvalue weighted by molar-refractivity contribution is 6.34. The van der Waals surface area contributed by atoms with E-state index in [1.807, 2.05) is 0 Å². The van der Waals surface area contributed by atoms with Crippen LogP contribution in [0.5, 0.6) is 0 Å². The van der Waals surface area contributed by atoms with Crippen molar-refractivity contribution >= 4 is 17.5 Å². The molecule has 1 amide bonds. The molecule has 92 valence electrons. The van der Waals surface area contributed by atoms with E-state index in [9.17, 15) is 9.18 Å². The molecule has 1 aliphatic heterocycles. The largest absolute Gasteiger partial charge is 0.394 e. The highest BCUT2D eigenvalue weighted by Crippen LogP contribution is 2.25. The third-order valence-electron chi connectivity index (χ3n) is 3.03. The van der Waals surface area contributed by atoms with Crippen LogP contribution >= 0.6 is 11.6 Å². The predicted octanol–water partition coefficient (Wildman–Crippen LogP) is 2.08. The molecular weight excluding hydrogens is 245 g/mol. The fourth-order valence-corrected chi connectivity index (χ4v) is 2.32. The first-order valence-corrected chi connectivity index (χ1v) is 5.88. The van der Waals surface area contributed by atoms with Crippen molar-refractivity contribution in [2.75, 3.05) is 13.2 Å². The van der Waals surface area contributed by atoms with E-state index in [-0.39, 0.29) is 29.1 Å². The van der Waals surface area contributed by atoms with Gasteiger partial charge in [0, 0.05) is 6.54 Å². The normalized spacial score (nSPS) is 19.7. The minimum Gasteiger partial charge on any atom is -0.394 e. The zero-order chi connectivity index (χ0) is 12.4. The number of aliphatic hydroxyl groups is 1. The van der Waals surface area contributed by atoms with Crippen molar-refractivity contribution in [1.29, 1.82) is 0 Å². The second-order valence-corrected chi connectivity index (χ2v) is 4.46. The van der Waals surface area contributed by atoms with Gasteiger partial charge in [-0.3, -0.25) is 4.79 Å². The Morgan fingerprint density at radius 3 is 3.06 bits per heavy atom. The molecule has 1 heterocycles. The van der Waals surface area contributed by atoms with Gasteiger partial charge < -0.3 is 10.0 Å². The Morgan fingerprint density at radius 2 is 2.35 bits per heavy atom. The molecule has 1 aliphatic rings. The monoisotopic (exact) mass is 257 g/mol. The number of carbonyl (C=O) groups is 1. The Balaban J connectivity index is 2.28. The topological polar surface area (TPSA) is 40.5 Å². The van der Waals surface area contributed by atoms with Crippen LogP contribution in [0.3, 0.4) is 0 Å². The number of amides is 1. The summed E-state index contributed by atoms with van der Waals surface area (Å²) >= 11 is 5.77. The van der Waals surface area contributed by atoms with Gasteiger partial charge >= 0.3 is 0 Å². The van der Waals surface area contributed by atoms with E-state index < -0.39 is 5.82 Å². The summed E-state index contributed by atoms with van der Waals surface area (Å²) in [5.41, 5.74) is 0.159. The van der Waals surface area contributed by atoms with Crippen molar-refractivity contribution in [3.63, 3.8) is 0 Å². The molecule has 1 N–H and O–H groups in total. The van der Waals surface area contributed by atoms with Crippen molar-refractivity contribution in [3.05, 3.63) is 34.6 Å². The standard InChI is InChI=1S/C12H13ClFNO2/c13-11-9(4-1-5-10(11)14)12(17)15-6-2-3-8(15)7-16/h1,4-5,8,16H,2-3,6-7H2/t8-/m1/s1.